The normalized spacial score (nSPS) is 10.7. The predicted octanol–water partition coefficient (Wildman–Crippen LogP) is 0.205. The number of nitrogens with one attached hydrogen (secondary N) is 1. The Morgan fingerprint density at radius 2 is 2.29 bits per heavy atom. The zero-order valence-electron chi connectivity index (χ0n) is 11.9. The van der Waals surface area contributed by atoms with E-state index in [1.807, 2.05) is 6.92 Å². The minimum atomic E-state index is -0.334. The van der Waals surface area contributed by atoms with E-state index in [0.29, 0.717) is 25.4 Å². The van der Waals surface area contributed by atoms with Crippen LogP contribution in [-0.4, -0.2) is 39.8 Å². The monoisotopic (exact) mass is 290 g/mol. The van der Waals surface area contributed by atoms with Crippen LogP contribution in [0.3, 0.4) is 0 Å². The predicted molar refractivity (Wildman–Crippen MR) is 78.1 cm³/mol. The number of carbonyl (C=O) groups excluding carboxylic acids is 1. The lowest BCUT2D eigenvalue weighted by Crippen LogP contribution is -2.34. The number of rotatable bonds is 7. The summed E-state index contributed by atoms with van der Waals surface area (Å²) in [6.45, 7) is 6.73. The van der Waals surface area contributed by atoms with Gasteiger partial charge in [0.15, 0.2) is 5.65 Å². The van der Waals surface area contributed by atoms with Gasteiger partial charge in [0.2, 0.25) is 5.91 Å². The molecular formula is C14H18N4O3. The van der Waals surface area contributed by atoms with E-state index >= 15 is 0 Å². The lowest BCUT2D eigenvalue weighted by Gasteiger charge is -2.05. The van der Waals surface area contributed by atoms with E-state index in [2.05, 4.69) is 17.0 Å². The van der Waals surface area contributed by atoms with E-state index in [-0.39, 0.29) is 18.1 Å². The first-order valence-corrected chi connectivity index (χ1v) is 6.61. The number of hydrogen-bond donors (Lipinski definition) is 1. The molecule has 0 aliphatic heterocycles. The number of fused-ring (bicyclic) bond motifs is 1. The van der Waals surface area contributed by atoms with E-state index in [0.717, 1.165) is 10.3 Å². The number of nitrogens with zero attached hydrogens (tertiary/aromatic N) is 3. The highest BCUT2D eigenvalue weighted by Gasteiger charge is 2.09. The second-order valence-electron chi connectivity index (χ2n) is 4.73. The maximum atomic E-state index is 12.0. The van der Waals surface area contributed by atoms with Crippen LogP contribution in [0.25, 0.3) is 5.65 Å². The van der Waals surface area contributed by atoms with Gasteiger partial charge < -0.3 is 10.1 Å². The van der Waals surface area contributed by atoms with Gasteiger partial charge in [0, 0.05) is 12.7 Å². The van der Waals surface area contributed by atoms with Crippen LogP contribution < -0.4 is 11.0 Å². The molecule has 0 spiro atoms. The number of hydrogen-bond acceptors (Lipinski definition) is 4. The molecule has 0 aliphatic carbocycles. The summed E-state index contributed by atoms with van der Waals surface area (Å²) in [5.74, 6) is -0.278. The Morgan fingerprint density at radius 3 is 3.00 bits per heavy atom. The third-order valence-corrected chi connectivity index (χ3v) is 2.70. The molecular weight excluding hydrogens is 272 g/mol. The molecule has 0 radical (unpaired) electrons. The average molecular weight is 290 g/mol. The van der Waals surface area contributed by atoms with Crippen molar-refractivity contribution in [3.8, 4) is 0 Å². The summed E-state index contributed by atoms with van der Waals surface area (Å²) in [6.07, 6.45) is 1.62. The van der Waals surface area contributed by atoms with Crippen LogP contribution in [0.15, 0.2) is 41.3 Å². The fraction of sp³-hybridized carbons (Fsp3) is 0.357. The first kappa shape index (κ1) is 15.0. The molecule has 0 saturated heterocycles. The molecule has 0 aliphatic rings. The van der Waals surface area contributed by atoms with Gasteiger partial charge in [-0.3, -0.25) is 9.20 Å². The molecule has 0 bridgehead atoms. The molecule has 0 aromatic carbocycles. The molecule has 2 rings (SSSR count). The summed E-state index contributed by atoms with van der Waals surface area (Å²) < 4.78 is 7.80. The molecule has 0 saturated carbocycles. The van der Waals surface area contributed by atoms with Crippen molar-refractivity contribution in [2.24, 2.45) is 0 Å². The molecule has 0 unspecified atom stereocenters. The fourth-order valence-electron chi connectivity index (χ4n) is 1.77. The molecule has 112 valence electrons. The second kappa shape index (κ2) is 6.85. The van der Waals surface area contributed by atoms with Crippen LogP contribution in [-0.2, 0) is 16.1 Å². The van der Waals surface area contributed by atoms with Crippen molar-refractivity contribution in [2.45, 2.75) is 13.5 Å². The Morgan fingerprint density at radius 1 is 1.48 bits per heavy atom. The first-order valence-electron chi connectivity index (χ1n) is 6.61. The third kappa shape index (κ3) is 4.03. The summed E-state index contributed by atoms with van der Waals surface area (Å²) in [6, 6.07) is 5.23. The van der Waals surface area contributed by atoms with Gasteiger partial charge in [0.1, 0.15) is 6.54 Å². The minimum Gasteiger partial charge on any atom is -0.375 e. The fourth-order valence-corrected chi connectivity index (χ4v) is 1.77. The van der Waals surface area contributed by atoms with Crippen molar-refractivity contribution in [1.29, 1.82) is 0 Å². The molecule has 7 heteroatoms. The number of carbonyl (C=O) groups is 1. The SMILES string of the molecule is C=C(C)COCCNC(=O)Cn1nc2ccccn2c1=O. The van der Waals surface area contributed by atoms with Gasteiger partial charge >= 0.3 is 5.69 Å². The Balaban J connectivity index is 1.86. The first-order chi connectivity index (χ1) is 10.1. The Kier molecular flexibility index (Phi) is 4.89. The quantitative estimate of drug-likeness (QED) is 0.584. The van der Waals surface area contributed by atoms with Crippen LogP contribution in [0, 0.1) is 0 Å². The molecule has 2 heterocycles. The summed E-state index contributed by atoms with van der Waals surface area (Å²) in [5.41, 5.74) is 1.11. The maximum absolute atomic E-state index is 12.0. The second-order valence-corrected chi connectivity index (χ2v) is 4.73. The Hall–Kier alpha value is -2.41. The molecule has 1 N–H and O–H groups in total. The third-order valence-electron chi connectivity index (χ3n) is 2.70. The molecule has 1 amide bonds. The Bertz CT molecular complexity index is 702. The Labute approximate surface area is 121 Å². The lowest BCUT2D eigenvalue weighted by molar-refractivity contribution is -0.122. The van der Waals surface area contributed by atoms with E-state index in [1.165, 1.54) is 4.40 Å². The molecule has 0 atom stereocenters. The number of amides is 1. The van der Waals surface area contributed by atoms with Gasteiger partial charge in [-0.1, -0.05) is 18.2 Å². The molecule has 2 aromatic rings. The topological polar surface area (TPSA) is 77.6 Å². The van der Waals surface area contributed by atoms with Crippen molar-refractivity contribution in [3.63, 3.8) is 0 Å². The molecule has 2 aromatic heterocycles. The number of ether oxygens (including phenoxy) is 1. The largest absolute Gasteiger partial charge is 0.375 e. The highest BCUT2D eigenvalue weighted by Crippen LogP contribution is 1.94. The van der Waals surface area contributed by atoms with Gasteiger partial charge in [-0.25, -0.2) is 9.48 Å². The molecule has 7 nitrogen and oxygen atoms in total. The van der Waals surface area contributed by atoms with Crippen LogP contribution in [0.5, 0.6) is 0 Å². The van der Waals surface area contributed by atoms with E-state index in [4.69, 9.17) is 4.74 Å². The van der Waals surface area contributed by atoms with Crippen LogP contribution in [0.2, 0.25) is 0 Å². The van der Waals surface area contributed by atoms with Gasteiger partial charge in [-0.15, -0.1) is 5.10 Å². The van der Waals surface area contributed by atoms with Gasteiger partial charge in [0.25, 0.3) is 0 Å². The average Bonchev–Trinajstić information content (AvgIpc) is 2.75. The molecule has 0 fully saturated rings. The highest BCUT2D eigenvalue weighted by atomic mass is 16.5. The minimum absolute atomic E-state index is 0.110. The van der Waals surface area contributed by atoms with Crippen LogP contribution >= 0.6 is 0 Å². The summed E-state index contributed by atoms with van der Waals surface area (Å²) in [5, 5.41) is 6.76. The van der Waals surface area contributed by atoms with E-state index < -0.39 is 0 Å². The summed E-state index contributed by atoms with van der Waals surface area (Å²) >= 11 is 0. The van der Waals surface area contributed by atoms with Gasteiger partial charge in [-0.05, 0) is 19.1 Å². The highest BCUT2D eigenvalue weighted by molar-refractivity contribution is 5.75. The van der Waals surface area contributed by atoms with E-state index in [9.17, 15) is 9.59 Å². The van der Waals surface area contributed by atoms with Gasteiger partial charge in [-0.2, -0.15) is 0 Å². The van der Waals surface area contributed by atoms with Crippen LogP contribution in [0.1, 0.15) is 6.92 Å². The van der Waals surface area contributed by atoms with Crippen molar-refractivity contribution in [2.75, 3.05) is 19.8 Å². The standard InChI is InChI=1S/C14H18N4O3/c1-11(2)10-21-8-6-15-13(19)9-18-14(20)17-7-4-3-5-12(17)16-18/h3-5,7H,1,6,8-10H2,2H3,(H,15,19). The smallest absolute Gasteiger partial charge is 0.350 e. The van der Waals surface area contributed by atoms with Crippen molar-refractivity contribution >= 4 is 11.6 Å². The van der Waals surface area contributed by atoms with Crippen molar-refractivity contribution < 1.29 is 9.53 Å². The number of aromatic nitrogens is 3. The molecule has 21 heavy (non-hydrogen) atoms. The number of pyridine rings is 1. The lowest BCUT2D eigenvalue weighted by atomic mass is 10.4. The zero-order chi connectivity index (χ0) is 15.2. The van der Waals surface area contributed by atoms with Crippen molar-refractivity contribution in [3.05, 3.63) is 47.0 Å². The van der Waals surface area contributed by atoms with Gasteiger partial charge in [0.05, 0.1) is 13.2 Å². The van der Waals surface area contributed by atoms with E-state index in [1.54, 1.807) is 24.4 Å². The van der Waals surface area contributed by atoms with Crippen LogP contribution in [0.4, 0.5) is 0 Å². The van der Waals surface area contributed by atoms with Crippen molar-refractivity contribution in [1.82, 2.24) is 19.5 Å². The zero-order valence-corrected chi connectivity index (χ0v) is 11.9. The summed E-state index contributed by atoms with van der Waals surface area (Å²) in [7, 11) is 0. The summed E-state index contributed by atoms with van der Waals surface area (Å²) in [4.78, 5) is 23.7. The maximum Gasteiger partial charge on any atom is 0.350 e.